The Bertz CT molecular complexity index is 1570. The van der Waals surface area contributed by atoms with Gasteiger partial charge in [0.15, 0.2) is 0 Å². The van der Waals surface area contributed by atoms with E-state index in [0.717, 1.165) is 72.5 Å². The minimum atomic E-state index is -0.402. The number of hydrogen-bond acceptors (Lipinski definition) is 6. The molecule has 3 atom stereocenters. The molecule has 1 saturated heterocycles. The zero-order chi connectivity index (χ0) is 28.5. The lowest BCUT2D eigenvalue weighted by Gasteiger charge is -2.36. The van der Waals surface area contributed by atoms with E-state index < -0.39 is 5.97 Å². The van der Waals surface area contributed by atoms with Gasteiger partial charge in [0.1, 0.15) is 11.3 Å². The van der Waals surface area contributed by atoms with E-state index in [1.807, 2.05) is 54.1 Å². The van der Waals surface area contributed by atoms with E-state index >= 15 is 0 Å². The van der Waals surface area contributed by atoms with Crippen molar-refractivity contribution >= 4 is 11.9 Å². The average molecular weight is 553 g/mol. The van der Waals surface area contributed by atoms with E-state index in [-0.39, 0.29) is 17.7 Å². The maximum Gasteiger partial charge on any atom is 0.341 e. The Hall–Kier alpha value is -4.20. The Morgan fingerprint density at radius 2 is 1.85 bits per heavy atom. The van der Waals surface area contributed by atoms with Crippen molar-refractivity contribution in [2.24, 2.45) is 0 Å². The van der Waals surface area contributed by atoms with Crippen molar-refractivity contribution in [1.29, 1.82) is 0 Å². The monoisotopic (exact) mass is 552 g/mol. The minimum absolute atomic E-state index is 0.0925. The van der Waals surface area contributed by atoms with Crippen molar-refractivity contribution in [3.8, 4) is 16.8 Å². The molecule has 0 bridgehead atoms. The van der Waals surface area contributed by atoms with Crippen LogP contribution in [0.25, 0.3) is 16.8 Å². The number of carbonyl (C=O) groups excluding carboxylic acids is 2. The van der Waals surface area contributed by atoms with Crippen molar-refractivity contribution in [3.05, 3.63) is 89.1 Å². The molecule has 8 nitrogen and oxygen atoms in total. The maximum absolute atomic E-state index is 13.6. The summed E-state index contributed by atoms with van der Waals surface area (Å²) in [6.45, 7) is 4.92. The van der Waals surface area contributed by atoms with Gasteiger partial charge in [-0.15, -0.1) is 0 Å². The van der Waals surface area contributed by atoms with Crippen molar-refractivity contribution in [1.82, 2.24) is 19.8 Å². The van der Waals surface area contributed by atoms with Crippen LogP contribution in [0.3, 0.4) is 0 Å². The fourth-order valence-electron chi connectivity index (χ4n) is 6.41. The lowest BCUT2D eigenvalue weighted by molar-refractivity contribution is 0.0592. The van der Waals surface area contributed by atoms with Gasteiger partial charge in [-0.05, 0) is 80.3 Å². The van der Waals surface area contributed by atoms with Gasteiger partial charge in [0, 0.05) is 29.6 Å². The second-order valence-corrected chi connectivity index (χ2v) is 11.2. The number of benzene rings is 2. The smallest absolute Gasteiger partial charge is 0.341 e. The highest BCUT2D eigenvalue weighted by atomic mass is 16.5. The normalized spacial score (nSPS) is 20.2. The molecule has 2 unspecified atom stereocenters. The van der Waals surface area contributed by atoms with Crippen molar-refractivity contribution < 1.29 is 18.8 Å². The number of piperidine rings is 1. The number of hydrogen-bond donors (Lipinski definition) is 0. The molecule has 4 aromatic rings. The lowest BCUT2D eigenvalue weighted by atomic mass is 9.96. The van der Waals surface area contributed by atoms with Crippen LogP contribution >= 0.6 is 0 Å². The summed E-state index contributed by atoms with van der Waals surface area (Å²) in [4.78, 5) is 28.4. The first-order chi connectivity index (χ1) is 20.0. The number of aryl methyl sites for hydroxylation is 1. The van der Waals surface area contributed by atoms with Crippen molar-refractivity contribution in [2.75, 3.05) is 13.7 Å². The van der Waals surface area contributed by atoms with Gasteiger partial charge in [0.05, 0.1) is 30.9 Å². The number of esters is 1. The quantitative estimate of drug-likeness (QED) is 0.226. The average Bonchev–Trinajstić information content (AvgIpc) is 3.45. The van der Waals surface area contributed by atoms with Gasteiger partial charge in [0.2, 0.25) is 0 Å². The van der Waals surface area contributed by atoms with Gasteiger partial charge in [-0.25, -0.2) is 9.48 Å². The van der Waals surface area contributed by atoms with Crippen LogP contribution in [0.2, 0.25) is 0 Å². The minimum Gasteiger partial charge on any atom is -0.465 e. The predicted molar refractivity (Wildman–Crippen MR) is 155 cm³/mol. The van der Waals surface area contributed by atoms with Gasteiger partial charge < -0.3 is 14.2 Å². The molecule has 2 aromatic carbocycles. The summed E-state index contributed by atoms with van der Waals surface area (Å²) in [6.07, 6.45) is 9.69. The first kappa shape index (κ1) is 27.0. The van der Waals surface area contributed by atoms with E-state index in [0.29, 0.717) is 17.2 Å². The molecule has 3 heterocycles. The molecule has 1 saturated carbocycles. The summed E-state index contributed by atoms with van der Waals surface area (Å²) >= 11 is 0. The van der Waals surface area contributed by atoms with E-state index in [9.17, 15) is 9.59 Å². The second-order valence-electron chi connectivity index (χ2n) is 11.2. The first-order valence-electron chi connectivity index (χ1n) is 14.6. The standard InChI is InChI=1S/C33H36N4O4/c1-4-9-25-13-5-6-15-36(25)32(38)24-12-7-10-22(16-24)23-11-8-14-26(17-23)37-31(30(19-34-37)33(39)40-3)28-18-27(28)29-20-35-41-21(29)2/h7-8,10-12,14,16-17,19-20,25,27-28H,4-6,9,13,15,18H2,1-3H3/t25-,27?,28?/m1/s1. The number of rotatable bonds is 8. The molecule has 1 aliphatic heterocycles. The molecule has 1 amide bonds. The molecule has 2 aliphatic rings. The highest BCUT2D eigenvalue weighted by Gasteiger charge is 2.46. The molecular formula is C33H36N4O4. The van der Waals surface area contributed by atoms with E-state index in [2.05, 4.69) is 28.1 Å². The molecule has 1 aliphatic carbocycles. The summed E-state index contributed by atoms with van der Waals surface area (Å²) in [5.74, 6) is 0.805. The Morgan fingerprint density at radius 1 is 1.05 bits per heavy atom. The summed E-state index contributed by atoms with van der Waals surface area (Å²) < 4.78 is 12.2. The lowest BCUT2D eigenvalue weighted by Crippen LogP contribution is -2.43. The molecule has 2 aromatic heterocycles. The van der Waals surface area contributed by atoms with E-state index in [4.69, 9.17) is 9.26 Å². The SMILES string of the molecule is CCC[C@@H]1CCCCN1C(=O)c1cccc(-c2cccc(-n3ncc(C(=O)OC)c3C3CC3c3cnoc3C)c2)c1. The Labute approximate surface area is 240 Å². The van der Waals surface area contributed by atoms with Crippen LogP contribution in [-0.2, 0) is 4.74 Å². The number of ether oxygens (including phenoxy) is 1. The molecule has 6 rings (SSSR count). The van der Waals surface area contributed by atoms with Crippen LogP contribution in [0, 0.1) is 6.92 Å². The van der Waals surface area contributed by atoms with Gasteiger partial charge in [-0.1, -0.05) is 42.8 Å². The Kier molecular flexibility index (Phi) is 7.47. The zero-order valence-electron chi connectivity index (χ0n) is 23.9. The van der Waals surface area contributed by atoms with E-state index in [1.54, 1.807) is 12.4 Å². The number of likely N-dealkylation sites (tertiary alicyclic amines) is 1. The predicted octanol–water partition coefficient (Wildman–Crippen LogP) is 6.69. The second kappa shape index (κ2) is 11.4. The molecule has 0 N–H and O–H groups in total. The third-order valence-electron chi connectivity index (χ3n) is 8.58. The third kappa shape index (κ3) is 5.19. The molecular weight excluding hydrogens is 516 g/mol. The molecule has 41 heavy (non-hydrogen) atoms. The fraction of sp³-hybridized carbons (Fsp3) is 0.394. The van der Waals surface area contributed by atoms with Crippen LogP contribution in [-0.4, -0.2) is 51.4 Å². The molecule has 212 valence electrons. The van der Waals surface area contributed by atoms with E-state index in [1.165, 1.54) is 13.5 Å². The van der Waals surface area contributed by atoms with Crippen LogP contribution in [0.15, 0.2) is 65.4 Å². The number of amides is 1. The summed E-state index contributed by atoms with van der Waals surface area (Å²) in [6, 6.07) is 16.3. The number of carbonyl (C=O) groups is 2. The molecule has 2 fully saturated rings. The van der Waals surface area contributed by atoms with Crippen LogP contribution in [0.4, 0.5) is 0 Å². The largest absolute Gasteiger partial charge is 0.465 e. The zero-order valence-corrected chi connectivity index (χ0v) is 23.9. The maximum atomic E-state index is 13.6. The topological polar surface area (TPSA) is 90.5 Å². The fourth-order valence-corrected chi connectivity index (χ4v) is 6.41. The van der Waals surface area contributed by atoms with Crippen LogP contribution in [0.5, 0.6) is 0 Å². The molecule has 0 spiro atoms. The van der Waals surface area contributed by atoms with Gasteiger partial charge in [-0.3, -0.25) is 4.79 Å². The van der Waals surface area contributed by atoms with Crippen molar-refractivity contribution in [3.63, 3.8) is 0 Å². The highest BCUT2D eigenvalue weighted by molar-refractivity contribution is 5.96. The Balaban J connectivity index is 1.32. The first-order valence-corrected chi connectivity index (χ1v) is 14.6. The van der Waals surface area contributed by atoms with Crippen molar-refractivity contribution in [2.45, 2.75) is 70.3 Å². The van der Waals surface area contributed by atoms with Crippen LogP contribution < -0.4 is 0 Å². The number of aromatic nitrogens is 3. The summed E-state index contributed by atoms with van der Waals surface area (Å²) in [7, 11) is 1.39. The van der Waals surface area contributed by atoms with Gasteiger partial charge >= 0.3 is 5.97 Å². The highest BCUT2D eigenvalue weighted by Crippen LogP contribution is 2.56. The summed E-state index contributed by atoms with van der Waals surface area (Å²) in [5, 5.41) is 8.58. The number of methoxy groups -OCH3 is 1. The molecule has 0 radical (unpaired) electrons. The van der Waals surface area contributed by atoms with Gasteiger partial charge in [0.25, 0.3) is 5.91 Å². The number of nitrogens with zero attached hydrogens (tertiary/aromatic N) is 4. The molecule has 8 heteroatoms. The summed E-state index contributed by atoms with van der Waals surface area (Å²) in [5.41, 5.74) is 5.86. The van der Waals surface area contributed by atoms with Crippen LogP contribution in [0.1, 0.15) is 95.0 Å². The van der Waals surface area contributed by atoms with Gasteiger partial charge in [-0.2, -0.15) is 5.10 Å². The Morgan fingerprint density at radius 3 is 2.61 bits per heavy atom. The third-order valence-corrected chi connectivity index (χ3v) is 8.58.